The van der Waals surface area contributed by atoms with Crippen molar-refractivity contribution in [1.82, 2.24) is 0 Å². The molecule has 0 aromatic heterocycles. The molecule has 20 heteroatoms. The van der Waals surface area contributed by atoms with Gasteiger partial charge in [0.2, 0.25) is 19.7 Å². The van der Waals surface area contributed by atoms with E-state index in [2.05, 4.69) is 0 Å². The number of esters is 1. The number of carboxylic acid groups (broad SMARTS) is 1. The number of halogens is 6. The van der Waals surface area contributed by atoms with Crippen LogP contribution in [0.4, 0.5) is 26.3 Å². The number of aliphatic carboxylic acids is 1. The van der Waals surface area contributed by atoms with E-state index in [9.17, 15) is 52.8 Å². The molecule has 0 bridgehead atoms. The van der Waals surface area contributed by atoms with Crippen LogP contribution in [0.3, 0.4) is 0 Å². The Hall–Kier alpha value is -7.06. The van der Waals surface area contributed by atoms with Crippen molar-refractivity contribution in [2.75, 3.05) is 19.8 Å². The largest absolute Gasteiger partial charge is 0.489 e. The SMILES string of the molecule is CCOC(=O)COc1ccc(S(=O)(=O)c2ccc(OCc3ccc(C(F)(F)F)cc3)cc2C)cc1C.Cc1cc(S(=O)(=O)c2ccc(OCc3ccc(C(F)(F)F)cc3)cc2C)ccc1OCC(=O)O. The summed E-state index contributed by atoms with van der Waals surface area (Å²) in [6.45, 7) is 7.65. The van der Waals surface area contributed by atoms with E-state index in [1.165, 1.54) is 91.0 Å². The second-order valence-corrected chi connectivity index (χ2v) is 19.3. The number of alkyl halides is 6. The third-order valence-electron chi connectivity index (χ3n) is 10.2. The molecule has 0 atom stereocenters. The Morgan fingerprint density at radius 1 is 0.500 bits per heavy atom. The van der Waals surface area contributed by atoms with Crippen molar-refractivity contribution in [2.45, 2.75) is 79.8 Å². The van der Waals surface area contributed by atoms with E-state index in [-0.39, 0.29) is 51.8 Å². The van der Waals surface area contributed by atoms with Crippen LogP contribution >= 0.6 is 0 Å². The minimum atomic E-state index is -4.41. The molecule has 6 aromatic rings. The maximum atomic E-state index is 13.2. The lowest BCUT2D eigenvalue weighted by molar-refractivity contribution is -0.145. The normalized spacial score (nSPS) is 11.8. The highest BCUT2D eigenvalue weighted by Gasteiger charge is 2.31. The zero-order valence-electron chi connectivity index (χ0n) is 38.1. The highest BCUT2D eigenvalue weighted by atomic mass is 32.2. The fraction of sp³-hybridized carbons (Fsp3) is 0.240. The molecule has 372 valence electrons. The lowest BCUT2D eigenvalue weighted by Gasteiger charge is -2.13. The molecule has 0 fully saturated rings. The molecule has 0 radical (unpaired) electrons. The zero-order valence-corrected chi connectivity index (χ0v) is 39.7. The van der Waals surface area contributed by atoms with Gasteiger partial charge in [-0.3, -0.25) is 0 Å². The molecule has 6 aromatic carbocycles. The Morgan fingerprint density at radius 3 is 1.21 bits per heavy atom. The minimum Gasteiger partial charge on any atom is -0.489 e. The molecule has 0 aliphatic carbocycles. The number of rotatable bonds is 17. The van der Waals surface area contributed by atoms with Gasteiger partial charge in [-0.1, -0.05) is 24.3 Å². The second-order valence-electron chi connectivity index (χ2n) is 15.5. The van der Waals surface area contributed by atoms with E-state index in [0.717, 1.165) is 24.3 Å². The van der Waals surface area contributed by atoms with Crippen LogP contribution in [-0.2, 0) is 59.6 Å². The van der Waals surface area contributed by atoms with E-state index in [0.29, 0.717) is 50.6 Å². The molecule has 12 nitrogen and oxygen atoms in total. The molecule has 6 rings (SSSR count). The molecule has 0 heterocycles. The van der Waals surface area contributed by atoms with Crippen LogP contribution in [0.2, 0.25) is 0 Å². The van der Waals surface area contributed by atoms with E-state index in [4.69, 9.17) is 28.8 Å². The van der Waals surface area contributed by atoms with Crippen LogP contribution in [0.1, 0.15) is 51.4 Å². The third kappa shape index (κ3) is 14.3. The Morgan fingerprint density at radius 2 is 0.886 bits per heavy atom. The monoisotopic (exact) mass is 1020 g/mol. The maximum absolute atomic E-state index is 13.2. The quantitative estimate of drug-likeness (QED) is 0.0679. The fourth-order valence-corrected chi connectivity index (χ4v) is 9.70. The van der Waals surface area contributed by atoms with E-state index < -0.39 is 61.7 Å². The van der Waals surface area contributed by atoms with Crippen LogP contribution in [0, 0.1) is 27.7 Å². The van der Waals surface area contributed by atoms with Crippen molar-refractivity contribution in [2.24, 2.45) is 0 Å². The summed E-state index contributed by atoms with van der Waals surface area (Å²) in [5, 5.41) is 8.72. The standard InChI is InChI=1S/C26H25F3O6S.C24H21F3O6S/c1-4-33-25(30)16-35-23-11-10-22(14-17(23)2)36(31,32)24-12-9-21(13-18(24)3)34-15-19-5-7-20(8-6-19)26(27,28)29;1-15-12-20(8-9-21(15)33-14-23(28)29)34(30,31)22-10-7-19(11-16(22)2)32-13-17-3-5-18(6-4-17)24(25,26)27/h5-14H,4,15-16H2,1-3H3;3-12H,13-14H2,1-2H3,(H,28,29). The third-order valence-corrected chi connectivity index (χ3v) is 14.0. The van der Waals surface area contributed by atoms with Gasteiger partial charge in [0.05, 0.1) is 37.3 Å². The summed E-state index contributed by atoms with van der Waals surface area (Å²) < 4.78 is 155. The van der Waals surface area contributed by atoms with Gasteiger partial charge in [-0.2, -0.15) is 26.3 Å². The molecule has 0 saturated heterocycles. The number of carbonyl (C=O) groups excluding carboxylic acids is 1. The van der Waals surface area contributed by atoms with Gasteiger partial charge in [0.25, 0.3) is 0 Å². The van der Waals surface area contributed by atoms with Crippen LogP contribution < -0.4 is 18.9 Å². The topological polar surface area (TPSA) is 169 Å². The zero-order chi connectivity index (χ0) is 51.6. The first kappa shape index (κ1) is 53.9. The molecule has 0 saturated carbocycles. The van der Waals surface area contributed by atoms with E-state index >= 15 is 0 Å². The van der Waals surface area contributed by atoms with Gasteiger partial charge in [0, 0.05) is 0 Å². The molecular weight excluding hydrogens is 971 g/mol. The summed E-state index contributed by atoms with van der Waals surface area (Å²) in [7, 11) is -7.74. The van der Waals surface area contributed by atoms with Crippen LogP contribution in [0.15, 0.2) is 141 Å². The van der Waals surface area contributed by atoms with Gasteiger partial charge in [0.15, 0.2) is 13.2 Å². The smallest absolute Gasteiger partial charge is 0.416 e. The Kier molecular flexibility index (Phi) is 17.4. The van der Waals surface area contributed by atoms with Crippen LogP contribution in [0.5, 0.6) is 23.0 Å². The highest BCUT2D eigenvalue weighted by molar-refractivity contribution is 7.91. The lowest BCUT2D eigenvalue weighted by atomic mass is 10.1. The summed E-state index contributed by atoms with van der Waals surface area (Å²) in [6, 6.07) is 26.6. The second kappa shape index (κ2) is 22.6. The first-order valence-corrected chi connectivity index (χ1v) is 23.9. The van der Waals surface area contributed by atoms with Crippen molar-refractivity contribution in [3.05, 3.63) is 166 Å². The van der Waals surface area contributed by atoms with E-state index in [1.54, 1.807) is 40.7 Å². The maximum Gasteiger partial charge on any atom is 0.416 e. The number of aryl methyl sites for hydroxylation is 4. The highest BCUT2D eigenvalue weighted by Crippen LogP contribution is 2.34. The molecule has 70 heavy (non-hydrogen) atoms. The predicted molar refractivity (Wildman–Crippen MR) is 242 cm³/mol. The van der Waals surface area contributed by atoms with Crippen LogP contribution in [0.25, 0.3) is 0 Å². The number of sulfone groups is 2. The van der Waals surface area contributed by atoms with Crippen molar-refractivity contribution in [3.8, 4) is 23.0 Å². The summed E-state index contributed by atoms with van der Waals surface area (Å²) in [4.78, 5) is 22.4. The molecule has 0 aliphatic rings. The summed E-state index contributed by atoms with van der Waals surface area (Å²) in [5.41, 5.74) is 1.45. The molecular formula is C50H46F6O12S2. The fourth-order valence-electron chi connectivity index (χ4n) is 6.57. The molecule has 0 spiro atoms. The van der Waals surface area contributed by atoms with Gasteiger partial charge in [-0.25, -0.2) is 26.4 Å². The van der Waals surface area contributed by atoms with Crippen molar-refractivity contribution < 1.29 is 81.6 Å². The number of hydrogen-bond acceptors (Lipinski definition) is 11. The van der Waals surface area contributed by atoms with Gasteiger partial charge in [-0.05, 0) is 165 Å². The number of hydrogen-bond donors (Lipinski definition) is 1. The molecule has 1 N–H and O–H groups in total. The Labute approximate surface area is 400 Å². The van der Waals surface area contributed by atoms with Crippen LogP contribution in [-0.4, -0.2) is 53.7 Å². The van der Waals surface area contributed by atoms with Gasteiger partial charge in [-0.15, -0.1) is 0 Å². The number of ether oxygens (including phenoxy) is 5. The first-order chi connectivity index (χ1) is 32.8. The number of benzene rings is 6. The van der Waals surface area contributed by atoms with Crippen molar-refractivity contribution in [3.63, 3.8) is 0 Å². The molecule has 0 aliphatic heterocycles. The van der Waals surface area contributed by atoms with Crippen molar-refractivity contribution >= 4 is 31.6 Å². The Balaban J connectivity index is 0.000000261. The molecule has 0 amide bonds. The first-order valence-electron chi connectivity index (χ1n) is 20.9. The van der Waals surface area contributed by atoms with Gasteiger partial charge in [0.1, 0.15) is 36.2 Å². The lowest BCUT2D eigenvalue weighted by Crippen LogP contribution is -2.15. The van der Waals surface area contributed by atoms with Gasteiger partial charge >= 0.3 is 24.3 Å². The number of carboxylic acids is 1. The average molecular weight is 1020 g/mol. The minimum absolute atomic E-state index is 0.0146. The van der Waals surface area contributed by atoms with Crippen molar-refractivity contribution in [1.29, 1.82) is 0 Å². The Bertz CT molecular complexity index is 3050. The summed E-state index contributed by atoms with van der Waals surface area (Å²) in [6.07, 6.45) is -8.82. The predicted octanol–water partition coefficient (Wildman–Crippen LogP) is 10.9. The summed E-state index contributed by atoms with van der Waals surface area (Å²) >= 11 is 0. The average Bonchev–Trinajstić information content (AvgIpc) is 3.29. The molecule has 0 unspecified atom stereocenters. The summed E-state index contributed by atoms with van der Waals surface area (Å²) in [5.74, 6) is -0.289. The van der Waals surface area contributed by atoms with Gasteiger partial charge < -0.3 is 28.8 Å². The number of carbonyl (C=O) groups is 2. The van der Waals surface area contributed by atoms with E-state index in [1.807, 2.05) is 0 Å².